The Bertz CT molecular complexity index is 382. The van der Waals surface area contributed by atoms with E-state index in [-0.39, 0.29) is 0 Å². The molecule has 16 heavy (non-hydrogen) atoms. The van der Waals surface area contributed by atoms with E-state index >= 15 is 0 Å². The molecule has 1 aliphatic rings. The first-order chi connectivity index (χ1) is 7.68. The highest BCUT2D eigenvalue weighted by atomic mass is 32.2. The molecule has 1 N–H and O–H groups in total. The predicted molar refractivity (Wildman–Crippen MR) is 58.2 cm³/mol. The zero-order valence-electron chi connectivity index (χ0n) is 8.92. The highest BCUT2D eigenvalue weighted by Gasteiger charge is 2.29. The lowest BCUT2D eigenvalue weighted by Crippen LogP contribution is -2.46. The maximum atomic E-state index is 11.1. The van der Waals surface area contributed by atoms with Crippen LogP contribution in [0.25, 0.3) is 0 Å². The fourth-order valence-corrected chi connectivity index (χ4v) is 2.75. The molecule has 1 atom stereocenters. The van der Waals surface area contributed by atoms with E-state index < -0.39 is 12.0 Å². The number of rotatable bonds is 3. The van der Waals surface area contributed by atoms with Gasteiger partial charge in [-0.3, -0.25) is 9.69 Å². The second-order valence-corrected chi connectivity index (χ2v) is 4.85. The number of thioether (sulfide) groups is 1. The van der Waals surface area contributed by atoms with Crippen LogP contribution in [0.4, 0.5) is 0 Å². The largest absolute Gasteiger partial charge is 0.480 e. The van der Waals surface area contributed by atoms with Gasteiger partial charge < -0.3 is 5.11 Å². The zero-order chi connectivity index (χ0) is 11.5. The molecule has 0 saturated carbocycles. The number of aromatic nitrogens is 2. The topological polar surface area (TPSA) is 79.5 Å². The van der Waals surface area contributed by atoms with Gasteiger partial charge in [0, 0.05) is 24.6 Å². The van der Waals surface area contributed by atoms with Gasteiger partial charge >= 0.3 is 5.97 Å². The summed E-state index contributed by atoms with van der Waals surface area (Å²) in [6.07, 6.45) is 0. The van der Waals surface area contributed by atoms with Gasteiger partial charge in [0.15, 0.2) is 0 Å². The molecule has 0 spiro atoms. The van der Waals surface area contributed by atoms with E-state index in [1.165, 1.54) is 0 Å². The Morgan fingerprint density at radius 1 is 1.69 bits per heavy atom. The summed E-state index contributed by atoms with van der Waals surface area (Å²) in [5.74, 6) is 0.801. The molecule has 2 heterocycles. The van der Waals surface area contributed by atoms with Crippen molar-refractivity contribution in [2.45, 2.75) is 19.5 Å². The first-order valence-electron chi connectivity index (χ1n) is 5.01. The first-order valence-corrected chi connectivity index (χ1v) is 6.16. The molecule has 7 heteroatoms. The third-order valence-electron chi connectivity index (χ3n) is 2.62. The average Bonchev–Trinajstić information content (AvgIpc) is 2.65. The summed E-state index contributed by atoms with van der Waals surface area (Å²) in [6, 6.07) is -0.435. The summed E-state index contributed by atoms with van der Waals surface area (Å²) >= 11 is 1.67. The van der Waals surface area contributed by atoms with E-state index in [0.29, 0.717) is 12.3 Å². The molecule has 0 amide bonds. The fraction of sp³-hybridized carbons (Fsp3) is 0.667. The molecule has 1 aromatic rings. The van der Waals surface area contributed by atoms with E-state index in [4.69, 9.17) is 5.11 Å². The molecule has 0 radical (unpaired) electrons. The second-order valence-electron chi connectivity index (χ2n) is 3.70. The van der Waals surface area contributed by atoms with Gasteiger partial charge in [0.1, 0.15) is 17.4 Å². The lowest BCUT2D eigenvalue weighted by atomic mass is 10.2. The molecule has 88 valence electrons. The molecule has 1 fully saturated rings. The van der Waals surface area contributed by atoms with Crippen molar-refractivity contribution in [1.82, 2.24) is 15.2 Å². The minimum Gasteiger partial charge on any atom is -0.480 e. The van der Waals surface area contributed by atoms with Gasteiger partial charge in [-0.05, 0) is 6.92 Å². The average molecular weight is 243 g/mol. The second kappa shape index (κ2) is 4.84. The molecule has 2 rings (SSSR count). The van der Waals surface area contributed by atoms with E-state index in [0.717, 1.165) is 23.7 Å². The maximum absolute atomic E-state index is 11.1. The van der Waals surface area contributed by atoms with Crippen LogP contribution < -0.4 is 0 Å². The Balaban J connectivity index is 2.07. The summed E-state index contributed by atoms with van der Waals surface area (Å²) in [5, 5.41) is 16.6. The Morgan fingerprint density at radius 2 is 2.50 bits per heavy atom. The molecule has 6 nitrogen and oxygen atoms in total. The molecule has 0 aromatic carbocycles. The lowest BCUT2D eigenvalue weighted by Gasteiger charge is -2.31. The van der Waals surface area contributed by atoms with Crippen LogP contribution in [0.1, 0.15) is 11.4 Å². The fourth-order valence-electron chi connectivity index (χ4n) is 1.64. The predicted octanol–water partition coefficient (Wildman–Crippen LogP) is 0.380. The molecule has 0 bridgehead atoms. The third-order valence-corrected chi connectivity index (χ3v) is 3.65. The van der Waals surface area contributed by atoms with Crippen molar-refractivity contribution >= 4 is 17.7 Å². The van der Waals surface area contributed by atoms with E-state index in [1.54, 1.807) is 18.7 Å². The maximum Gasteiger partial charge on any atom is 0.321 e. The van der Waals surface area contributed by atoms with Gasteiger partial charge in [0.25, 0.3) is 0 Å². The van der Waals surface area contributed by atoms with Crippen molar-refractivity contribution in [3.8, 4) is 0 Å². The molecule has 0 aliphatic carbocycles. The summed E-state index contributed by atoms with van der Waals surface area (Å²) in [6.45, 7) is 3.06. The van der Waals surface area contributed by atoms with Crippen molar-refractivity contribution in [1.29, 1.82) is 0 Å². The van der Waals surface area contributed by atoms with Crippen molar-refractivity contribution in [2.75, 3.05) is 18.1 Å². The summed E-state index contributed by atoms with van der Waals surface area (Å²) in [7, 11) is 0. The van der Waals surface area contributed by atoms with Gasteiger partial charge in [0.05, 0.1) is 0 Å². The number of carbonyl (C=O) groups is 1. The van der Waals surface area contributed by atoms with Crippen LogP contribution >= 0.6 is 11.8 Å². The summed E-state index contributed by atoms with van der Waals surface area (Å²) in [5.41, 5.74) is 1.44. The number of aryl methyl sites for hydroxylation is 1. The monoisotopic (exact) mass is 243 g/mol. The van der Waals surface area contributed by atoms with Crippen molar-refractivity contribution < 1.29 is 14.5 Å². The van der Waals surface area contributed by atoms with E-state index in [2.05, 4.69) is 14.9 Å². The normalized spacial score (nSPS) is 22.2. The van der Waals surface area contributed by atoms with Crippen molar-refractivity contribution in [3.63, 3.8) is 0 Å². The number of carboxylic acid groups (broad SMARTS) is 1. The van der Waals surface area contributed by atoms with Gasteiger partial charge in [-0.2, -0.15) is 11.8 Å². The lowest BCUT2D eigenvalue weighted by molar-refractivity contribution is -0.142. The molecule has 1 unspecified atom stereocenters. The molecule has 1 aromatic heterocycles. The Hall–Kier alpha value is -1.08. The van der Waals surface area contributed by atoms with Crippen molar-refractivity contribution in [3.05, 3.63) is 11.4 Å². The highest BCUT2D eigenvalue weighted by Crippen LogP contribution is 2.19. The van der Waals surface area contributed by atoms with Crippen LogP contribution in [0.3, 0.4) is 0 Å². The highest BCUT2D eigenvalue weighted by molar-refractivity contribution is 7.99. The SMILES string of the molecule is Cc1nonc1CN1CCSCC1C(=O)O. The van der Waals surface area contributed by atoms with Crippen LogP contribution in [0.15, 0.2) is 4.63 Å². The Kier molecular flexibility index (Phi) is 3.45. The van der Waals surface area contributed by atoms with Crippen LogP contribution in [-0.4, -0.2) is 50.4 Å². The smallest absolute Gasteiger partial charge is 0.321 e. The molecular formula is C9H13N3O3S. The Labute approximate surface area is 97.0 Å². The van der Waals surface area contributed by atoms with Crippen LogP contribution in [-0.2, 0) is 11.3 Å². The number of carboxylic acids is 1. The van der Waals surface area contributed by atoms with E-state index in [1.807, 2.05) is 4.90 Å². The summed E-state index contributed by atoms with van der Waals surface area (Å²) < 4.78 is 4.60. The molecule has 1 saturated heterocycles. The van der Waals surface area contributed by atoms with Gasteiger partial charge in [-0.15, -0.1) is 0 Å². The Morgan fingerprint density at radius 3 is 3.12 bits per heavy atom. The van der Waals surface area contributed by atoms with Crippen LogP contribution in [0, 0.1) is 6.92 Å². The quantitative estimate of drug-likeness (QED) is 0.822. The van der Waals surface area contributed by atoms with Gasteiger partial charge in [0.2, 0.25) is 0 Å². The van der Waals surface area contributed by atoms with Crippen molar-refractivity contribution in [2.24, 2.45) is 0 Å². The first kappa shape index (κ1) is 11.4. The number of hydrogen-bond donors (Lipinski definition) is 1. The summed E-state index contributed by atoms with van der Waals surface area (Å²) in [4.78, 5) is 13.0. The minimum atomic E-state index is -0.777. The minimum absolute atomic E-state index is 0.435. The van der Waals surface area contributed by atoms with Crippen LogP contribution in [0.2, 0.25) is 0 Å². The molecular weight excluding hydrogens is 230 g/mol. The molecule has 1 aliphatic heterocycles. The van der Waals surface area contributed by atoms with E-state index in [9.17, 15) is 4.79 Å². The number of aliphatic carboxylic acids is 1. The third kappa shape index (κ3) is 2.35. The standard InChI is InChI=1S/C9H13N3O3S/c1-6-7(11-15-10-6)4-12-2-3-16-5-8(12)9(13)14/h8H,2-5H2,1H3,(H,13,14). The number of nitrogens with zero attached hydrogens (tertiary/aromatic N) is 3. The number of hydrogen-bond acceptors (Lipinski definition) is 6. The van der Waals surface area contributed by atoms with Gasteiger partial charge in [-0.25, -0.2) is 4.63 Å². The van der Waals surface area contributed by atoms with Gasteiger partial charge in [-0.1, -0.05) is 10.3 Å². The van der Waals surface area contributed by atoms with Crippen LogP contribution in [0.5, 0.6) is 0 Å². The zero-order valence-corrected chi connectivity index (χ0v) is 9.74.